The van der Waals surface area contributed by atoms with Gasteiger partial charge in [0.15, 0.2) is 0 Å². The lowest BCUT2D eigenvalue weighted by Gasteiger charge is -2.12. The van der Waals surface area contributed by atoms with E-state index in [0.717, 1.165) is 45.0 Å². The van der Waals surface area contributed by atoms with Gasteiger partial charge in [0.1, 0.15) is 22.9 Å². The average Bonchev–Trinajstić information content (AvgIpc) is 3.58. The van der Waals surface area contributed by atoms with Crippen molar-refractivity contribution in [3.63, 3.8) is 0 Å². The number of para-hydroxylation sites is 1. The van der Waals surface area contributed by atoms with Crippen molar-refractivity contribution in [3.8, 4) is 28.4 Å². The molecule has 6 rings (SSSR count). The summed E-state index contributed by atoms with van der Waals surface area (Å²) >= 11 is 1.12. The van der Waals surface area contributed by atoms with Crippen LogP contribution in [0, 0.1) is 12.8 Å². The average molecular weight is 606 g/mol. The smallest absolute Gasteiger partial charge is 0.296 e. The first-order valence-corrected chi connectivity index (χ1v) is 15.1. The zero-order valence-electron chi connectivity index (χ0n) is 24.9. The third-order valence-corrected chi connectivity index (χ3v) is 8.01. The molecule has 0 aliphatic rings. The predicted octanol–water partition coefficient (Wildman–Crippen LogP) is 4.85. The van der Waals surface area contributed by atoms with Crippen LogP contribution in [-0.4, -0.2) is 38.1 Å². The Hall–Kier alpha value is -5.09. The molecule has 222 valence electrons. The van der Waals surface area contributed by atoms with Crippen molar-refractivity contribution < 1.29 is 9.47 Å². The molecule has 0 bridgehead atoms. The topological polar surface area (TPSA) is 101 Å². The van der Waals surface area contributed by atoms with Gasteiger partial charge in [-0.1, -0.05) is 55.5 Å². The third kappa shape index (κ3) is 6.02. The molecule has 44 heavy (non-hydrogen) atoms. The zero-order valence-corrected chi connectivity index (χ0v) is 25.7. The van der Waals surface area contributed by atoms with Crippen LogP contribution in [0.4, 0.5) is 0 Å². The van der Waals surface area contributed by atoms with Crippen molar-refractivity contribution in [2.75, 3.05) is 13.7 Å². The van der Waals surface area contributed by atoms with Crippen LogP contribution < -0.4 is 25.1 Å². The van der Waals surface area contributed by atoms with Gasteiger partial charge in [0.2, 0.25) is 4.96 Å². The number of ether oxygens (including phenoxy) is 2. The van der Waals surface area contributed by atoms with Crippen molar-refractivity contribution in [2.24, 2.45) is 5.92 Å². The Bertz CT molecular complexity index is 2120. The molecule has 0 atom stereocenters. The Labute approximate surface area is 257 Å². The minimum atomic E-state index is -0.457. The van der Waals surface area contributed by atoms with Gasteiger partial charge in [-0.25, -0.2) is 4.68 Å². The van der Waals surface area contributed by atoms with E-state index >= 15 is 0 Å². The first-order chi connectivity index (χ1) is 21.3. The maximum Gasteiger partial charge on any atom is 0.296 e. The monoisotopic (exact) mass is 605 g/mol. The number of rotatable bonds is 9. The van der Waals surface area contributed by atoms with Crippen LogP contribution >= 0.6 is 11.3 Å². The molecule has 0 unspecified atom stereocenters. The molecule has 0 radical (unpaired) electrons. The largest absolute Gasteiger partial charge is 0.497 e. The van der Waals surface area contributed by atoms with Crippen LogP contribution in [0.1, 0.15) is 36.2 Å². The van der Waals surface area contributed by atoms with E-state index in [1.807, 2.05) is 85.9 Å². The second-order valence-electron chi connectivity index (χ2n) is 10.9. The SMILES string of the molecule is COc1ccc(Cc2nn3c(=O)c(=Cc4cn(-c5ccccc5)nc4-c4ccc(OCC(C)C)c(C)c4)sc3nc2=O)cc1. The molecule has 3 aromatic heterocycles. The second-order valence-corrected chi connectivity index (χ2v) is 11.9. The fourth-order valence-electron chi connectivity index (χ4n) is 4.78. The zero-order chi connectivity index (χ0) is 30.8. The predicted molar refractivity (Wildman–Crippen MR) is 172 cm³/mol. The van der Waals surface area contributed by atoms with Crippen molar-refractivity contribution >= 4 is 22.4 Å². The van der Waals surface area contributed by atoms with Gasteiger partial charge in [-0.3, -0.25) is 9.59 Å². The summed E-state index contributed by atoms with van der Waals surface area (Å²) in [4.78, 5) is 30.8. The highest BCUT2D eigenvalue weighted by molar-refractivity contribution is 7.15. The van der Waals surface area contributed by atoms with E-state index in [1.54, 1.807) is 17.9 Å². The summed E-state index contributed by atoms with van der Waals surface area (Å²) in [6.07, 6.45) is 3.93. The molecule has 3 heterocycles. The maximum atomic E-state index is 13.6. The van der Waals surface area contributed by atoms with Crippen LogP contribution in [0.25, 0.3) is 28.0 Å². The van der Waals surface area contributed by atoms with E-state index < -0.39 is 5.56 Å². The van der Waals surface area contributed by atoms with E-state index in [-0.39, 0.29) is 22.6 Å². The fraction of sp³-hybridized carbons (Fsp3) is 0.206. The Morgan fingerprint density at radius 3 is 2.45 bits per heavy atom. The summed E-state index contributed by atoms with van der Waals surface area (Å²) in [6.45, 7) is 6.87. The third-order valence-electron chi connectivity index (χ3n) is 7.05. The summed E-state index contributed by atoms with van der Waals surface area (Å²) in [7, 11) is 1.60. The minimum Gasteiger partial charge on any atom is -0.497 e. The van der Waals surface area contributed by atoms with Gasteiger partial charge in [0.05, 0.1) is 23.9 Å². The maximum absolute atomic E-state index is 13.6. The van der Waals surface area contributed by atoms with Crippen molar-refractivity contribution in [1.29, 1.82) is 0 Å². The highest BCUT2D eigenvalue weighted by Crippen LogP contribution is 2.29. The molecule has 0 aliphatic heterocycles. The highest BCUT2D eigenvalue weighted by Gasteiger charge is 2.16. The highest BCUT2D eigenvalue weighted by atomic mass is 32.1. The Balaban J connectivity index is 1.43. The van der Waals surface area contributed by atoms with E-state index in [9.17, 15) is 9.59 Å². The lowest BCUT2D eigenvalue weighted by Crippen LogP contribution is -2.28. The van der Waals surface area contributed by atoms with Crippen molar-refractivity contribution in [2.45, 2.75) is 27.2 Å². The van der Waals surface area contributed by atoms with Gasteiger partial charge in [-0.15, -0.1) is 0 Å². The molecule has 3 aromatic carbocycles. The molecule has 0 saturated heterocycles. The lowest BCUT2D eigenvalue weighted by molar-refractivity contribution is 0.269. The molecule has 10 heteroatoms. The van der Waals surface area contributed by atoms with Gasteiger partial charge in [0.25, 0.3) is 11.1 Å². The van der Waals surface area contributed by atoms with E-state index in [4.69, 9.17) is 14.6 Å². The fourth-order valence-corrected chi connectivity index (χ4v) is 5.67. The number of methoxy groups -OCH3 is 1. The van der Waals surface area contributed by atoms with E-state index in [0.29, 0.717) is 28.5 Å². The minimum absolute atomic E-state index is 0.196. The summed E-state index contributed by atoms with van der Waals surface area (Å²) < 4.78 is 14.6. The summed E-state index contributed by atoms with van der Waals surface area (Å²) in [5.74, 6) is 1.96. The van der Waals surface area contributed by atoms with E-state index in [1.165, 1.54) is 4.52 Å². The molecule has 0 N–H and O–H groups in total. The number of thiazole rings is 1. The van der Waals surface area contributed by atoms with Crippen LogP contribution in [0.15, 0.2) is 88.6 Å². The van der Waals surface area contributed by atoms with Crippen LogP contribution in [-0.2, 0) is 6.42 Å². The van der Waals surface area contributed by atoms with Gasteiger partial charge in [0, 0.05) is 23.7 Å². The molecule has 0 spiro atoms. The molecule has 0 amide bonds. The molecule has 6 aromatic rings. The van der Waals surface area contributed by atoms with Crippen LogP contribution in [0.2, 0.25) is 0 Å². The number of benzene rings is 3. The standard InChI is InChI=1S/C34H31N5O4S/c1-21(2)20-43-29-15-12-24(16-22(29)3)31-25(19-38(37-31)26-8-6-5-7-9-26)18-30-33(41)39-34(44-30)35-32(40)28(36-39)17-23-10-13-27(42-4)14-11-23/h5-16,18-19,21H,17,20H2,1-4H3. The number of aromatic nitrogens is 5. The summed E-state index contributed by atoms with van der Waals surface area (Å²) in [6, 6.07) is 23.1. The van der Waals surface area contributed by atoms with Gasteiger partial charge < -0.3 is 9.47 Å². The number of hydrogen-bond donors (Lipinski definition) is 0. The number of fused-ring (bicyclic) bond motifs is 1. The van der Waals surface area contributed by atoms with Crippen molar-refractivity contribution in [1.82, 2.24) is 24.4 Å². The molecule has 0 fully saturated rings. The molecular formula is C34H31N5O4S. The van der Waals surface area contributed by atoms with Crippen LogP contribution in [0.3, 0.4) is 0 Å². The number of aryl methyl sites for hydroxylation is 1. The van der Waals surface area contributed by atoms with Gasteiger partial charge >= 0.3 is 0 Å². The molecule has 0 saturated carbocycles. The Kier molecular flexibility index (Phi) is 8.08. The first kappa shape index (κ1) is 29.0. The first-order valence-electron chi connectivity index (χ1n) is 14.3. The molecule has 9 nitrogen and oxygen atoms in total. The Morgan fingerprint density at radius 1 is 0.977 bits per heavy atom. The van der Waals surface area contributed by atoms with Gasteiger partial charge in [-0.2, -0.15) is 19.7 Å². The van der Waals surface area contributed by atoms with Crippen LogP contribution in [0.5, 0.6) is 11.5 Å². The second kappa shape index (κ2) is 12.3. The lowest BCUT2D eigenvalue weighted by atomic mass is 10.0. The van der Waals surface area contributed by atoms with E-state index in [2.05, 4.69) is 23.9 Å². The quantitative estimate of drug-likeness (QED) is 0.232. The molecular weight excluding hydrogens is 574 g/mol. The number of hydrogen-bond acceptors (Lipinski definition) is 8. The Morgan fingerprint density at radius 2 is 1.75 bits per heavy atom. The van der Waals surface area contributed by atoms with Gasteiger partial charge in [-0.05, 0) is 72.5 Å². The molecule has 0 aliphatic carbocycles. The number of nitrogens with zero attached hydrogens (tertiary/aromatic N) is 5. The van der Waals surface area contributed by atoms with Crippen molar-refractivity contribution in [3.05, 3.63) is 127 Å². The summed E-state index contributed by atoms with van der Waals surface area (Å²) in [5, 5.41) is 9.33. The summed E-state index contributed by atoms with van der Waals surface area (Å²) in [5.41, 5.74) is 4.48. The normalized spacial score (nSPS) is 11.9.